The van der Waals surface area contributed by atoms with Gasteiger partial charge in [-0.05, 0) is 30.6 Å². The average molecular weight is 201 g/mol. The van der Waals surface area contributed by atoms with Crippen LogP contribution in [-0.2, 0) is 0 Å². The van der Waals surface area contributed by atoms with E-state index in [0.29, 0.717) is 0 Å². The maximum atomic E-state index is 3.99. The van der Waals surface area contributed by atoms with Gasteiger partial charge in [0.2, 0.25) is 0 Å². The summed E-state index contributed by atoms with van der Waals surface area (Å²) in [6.45, 7) is 1.05. The molecular weight excluding hydrogens is 186 g/mol. The summed E-state index contributed by atoms with van der Waals surface area (Å²) in [5, 5.41) is 3.41. The van der Waals surface area contributed by atoms with Gasteiger partial charge >= 0.3 is 0 Å². The van der Waals surface area contributed by atoms with Crippen molar-refractivity contribution in [3.05, 3.63) is 30.9 Å². The van der Waals surface area contributed by atoms with Crippen LogP contribution in [0.15, 0.2) is 30.9 Å². The van der Waals surface area contributed by atoms with Crippen LogP contribution in [0.3, 0.4) is 0 Å². The third-order valence-corrected chi connectivity index (χ3v) is 3.55. The van der Waals surface area contributed by atoms with Gasteiger partial charge in [-0.25, -0.2) is 9.97 Å². The fourth-order valence-corrected chi connectivity index (χ4v) is 2.77. The minimum absolute atomic E-state index is 0.806. The third kappa shape index (κ3) is 1.74. The van der Waals surface area contributed by atoms with Crippen molar-refractivity contribution >= 4 is 5.69 Å². The highest BCUT2D eigenvalue weighted by atomic mass is 14.9. The Bertz CT molecular complexity index is 360. The number of nitrogens with zero attached hydrogens (tertiary/aromatic N) is 2. The monoisotopic (exact) mass is 201 g/mol. The number of rotatable bonds is 3. The first-order valence-corrected chi connectivity index (χ1v) is 5.59. The average Bonchev–Trinajstić information content (AvgIpc) is 2.89. The Morgan fingerprint density at radius 1 is 1.20 bits per heavy atom. The minimum atomic E-state index is 0.806. The maximum absolute atomic E-state index is 3.99. The van der Waals surface area contributed by atoms with Crippen molar-refractivity contribution in [2.45, 2.75) is 12.8 Å². The minimum Gasteiger partial charge on any atom is -0.382 e. The molecule has 0 aliphatic heterocycles. The number of allylic oxidation sites excluding steroid dienone is 2. The Kier molecular flexibility index (Phi) is 2.16. The highest BCUT2D eigenvalue weighted by Gasteiger charge is 2.35. The fourth-order valence-electron chi connectivity index (χ4n) is 2.77. The summed E-state index contributed by atoms with van der Waals surface area (Å²) in [5.74, 6) is 2.47. The molecule has 15 heavy (non-hydrogen) atoms. The number of fused-ring (bicyclic) bond motifs is 2. The van der Waals surface area contributed by atoms with Crippen molar-refractivity contribution < 1.29 is 0 Å². The second-order valence-corrected chi connectivity index (χ2v) is 4.55. The predicted octanol–water partition coefficient (Wildman–Crippen LogP) is 2.10. The Morgan fingerprint density at radius 2 is 2.07 bits per heavy atom. The molecule has 78 valence electrons. The molecule has 2 bridgehead atoms. The lowest BCUT2D eigenvalue weighted by atomic mass is 9.93. The van der Waals surface area contributed by atoms with E-state index in [9.17, 15) is 0 Å². The van der Waals surface area contributed by atoms with Crippen molar-refractivity contribution in [3.8, 4) is 0 Å². The van der Waals surface area contributed by atoms with Crippen molar-refractivity contribution in [2.75, 3.05) is 11.9 Å². The van der Waals surface area contributed by atoms with Gasteiger partial charge in [0, 0.05) is 6.54 Å². The van der Waals surface area contributed by atoms with Gasteiger partial charge in [-0.2, -0.15) is 0 Å². The molecule has 3 heteroatoms. The van der Waals surface area contributed by atoms with E-state index in [2.05, 4.69) is 27.4 Å². The van der Waals surface area contributed by atoms with Crippen LogP contribution in [0.5, 0.6) is 0 Å². The molecule has 2 aliphatic rings. The molecule has 1 N–H and O–H groups in total. The zero-order valence-electron chi connectivity index (χ0n) is 8.63. The Labute approximate surface area is 89.6 Å². The Hall–Kier alpha value is -1.38. The molecule has 3 nitrogen and oxygen atoms in total. The quantitative estimate of drug-likeness (QED) is 0.761. The first-order chi connectivity index (χ1) is 7.42. The molecule has 3 rings (SSSR count). The Morgan fingerprint density at radius 3 is 2.73 bits per heavy atom. The molecular formula is C12H15N3. The largest absolute Gasteiger partial charge is 0.382 e. The predicted molar refractivity (Wildman–Crippen MR) is 59.4 cm³/mol. The van der Waals surface area contributed by atoms with Crippen molar-refractivity contribution in [2.24, 2.45) is 17.8 Å². The molecule has 2 aliphatic carbocycles. The van der Waals surface area contributed by atoms with Crippen LogP contribution < -0.4 is 5.32 Å². The molecule has 0 saturated heterocycles. The van der Waals surface area contributed by atoms with Gasteiger partial charge in [-0.3, -0.25) is 0 Å². The zero-order valence-corrected chi connectivity index (χ0v) is 8.63. The summed E-state index contributed by atoms with van der Waals surface area (Å²) in [6, 6.07) is 0. The molecule has 0 radical (unpaired) electrons. The number of hydrogen-bond donors (Lipinski definition) is 1. The fraction of sp³-hybridized carbons (Fsp3) is 0.500. The highest BCUT2D eigenvalue weighted by Crippen LogP contribution is 2.43. The molecule has 1 aromatic heterocycles. The van der Waals surface area contributed by atoms with E-state index in [4.69, 9.17) is 0 Å². The second kappa shape index (κ2) is 3.65. The van der Waals surface area contributed by atoms with Gasteiger partial charge in [0.15, 0.2) is 0 Å². The van der Waals surface area contributed by atoms with Crippen LogP contribution in [0.1, 0.15) is 12.8 Å². The lowest BCUT2D eigenvalue weighted by Crippen LogP contribution is -2.18. The van der Waals surface area contributed by atoms with Crippen LogP contribution in [0.2, 0.25) is 0 Å². The highest BCUT2D eigenvalue weighted by molar-refractivity contribution is 5.37. The van der Waals surface area contributed by atoms with E-state index in [1.807, 2.05) is 12.4 Å². The van der Waals surface area contributed by atoms with Crippen molar-refractivity contribution in [3.63, 3.8) is 0 Å². The zero-order chi connectivity index (χ0) is 10.1. The maximum Gasteiger partial charge on any atom is 0.115 e. The summed E-state index contributed by atoms with van der Waals surface area (Å²) in [4.78, 5) is 7.98. The standard InChI is InChI=1S/C12H15N3/c1-2-10-3-9(1)4-11(10)5-15-12-6-13-8-14-7-12/h1-2,6-11,15H,3-5H2. The van der Waals surface area contributed by atoms with Crippen LogP contribution in [0, 0.1) is 17.8 Å². The molecule has 3 unspecified atom stereocenters. The molecule has 0 aromatic carbocycles. The van der Waals surface area contributed by atoms with Gasteiger partial charge in [0.25, 0.3) is 0 Å². The molecule has 0 spiro atoms. The normalized spacial score (nSPS) is 32.1. The van der Waals surface area contributed by atoms with Gasteiger partial charge in [-0.1, -0.05) is 12.2 Å². The van der Waals surface area contributed by atoms with E-state index in [1.165, 1.54) is 12.8 Å². The van der Waals surface area contributed by atoms with Crippen LogP contribution in [0.25, 0.3) is 0 Å². The van der Waals surface area contributed by atoms with Crippen LogP contribution in [0.4, 0.5) is 5.69 Å². The molecule has 1 heterocycles. The van der Waals surface area contributed by atoms with Gasteiger partial charge in [0.05, 0.1) is 18.1 Å². The topological polar surface area (TPSA) is 37.8 Å². The van der Waals surface area contributed by atoms with Crippen molar-refractivity contribution in [1.82, 2.24) is 9.97 Å². The van der Waals surface area contributed by atoms with Gasteiger partial charge < -0.3 is 5.32 Å². The summed E-state index contributed by atoms with van der Waals surface area (Å²) in [7, 11) is 0. The van der Waals surface area contributed by atoms with E-state index in [-0.39, 0.29) is 0 Å². The smallest absolute Gasteiger partial charge is 0.115 e. The first-order valence-electron chi connectivity index (χ1n) is 5.59. The molecule has 3 atom stereocenters. The molecule has 1 saturated carbocycles. The van der Waals surface area contributed by atoms with E-state index >= 15 is 0 Å². The number of nitrogens with one attached hydrogen (secondary N) is 1. The van der Waals surface area contributed by atoms with E-state index in [0.717, 1.165) is 30.0 Å². The SMILES string of the molecule is C1=CC2CC1CC2CNc1cncnc1. The molecule has 0 amide bonds. The van der Waals surface area contributed by atoms with E-state index < -0.39 is 0 Å². The summed E-state index contributed by atoms with van der Waals surface area (Å²) < 4.78 is 0. The number of hydrogen-bond acceptors (Lipinski definition) is 3. The number of aromatic nitrogens is 2. The van der Waals surface area contributed by atoms with Crippen molar-refractivity contribution in [1.29, 1.82) is 0 Å². The third-order valence-electron chi connectivity index (χ3n) is 3.55. The molecule has 1 aromatic rings. The summed E-state index contributed by atoms with van der Waals surface area (Å²) in [6.07, 6.45) is 12.7. The van der Waals surface area contributed by atoms with E-state index in [1.54, 1.807) is 6.33 Å². The lowest BCUT2D eigenvalue weighted by molar-refractivity contribution is 0.472. The van der Waals surface area contributed by atoms with Crippen LogP contribution in [-0.4, -0.2) is 16.5 Å². The second-order valence-electron chi connectivity index (χ2n) is 4.55. The molecule has 1 fully saturated rings. The lowest BCUT2D eigenvalue weighted by Gasteiger charge is -2.18. The van der Waals surface area contributed by atoms with Gasteiger partial charge in [-0.15, -0.1) is 0 Å². The Balaban J connectivity index is 1.57. The van der Waals surface area contributed by atoms with Crippen LogP contribution >= 0.6 is 0 Å². The summed E-state index contributed by atoms with van der Waals surface area (Å²) in [5.41, 5.74) is 1.03. The van der Waals surface area contributed by atoms with Gasteiger partial charge in [0.1, 0.15) is 6.33 Å². The first kappa shape index (κ1) is 8.89. The summed E-state index contributed by atoms with van der Waals surface area (Å²) >= 11 is 0. The number of anilines is 1.